The summed E-state index contributed by atoms with van der Waals surface area (Å²) in [5.41, 5.74) is 6.52. The standard InChI is InChI=1S/C22H27N3O3S/c1-2-3-9-16-28-19-13-8-7-12-18(19)21(27)23-22(29)25-24-20(26)15-14-17-10-5-4-6-11-17/h4-8,10-13H,2-3,9,14-16H2,1H3,(H,24,26)(H2,23,25,27,29). The van der Waals surface area contributed by atoms with Crippen molar-refractivity contribution >= 4 is 29.1 Å². The van der Waals surface area contributed by atoms with Gasteiger partial charge < -0.3 is 4.74 Å². The van der Waals surface area contributed by atoms with Crippen molar-refractivity contribution in [3.8, 4) is 5.75 Å². The maximum absolute atomic E-state index is 12.5. The number of hydrogen-bond acceptors (Lipinski definition) is 4. The number of rotatable bonds is 9. The fourth-order valence-corrected chi connectivity index (χ4v) is 2.75. The minimum absolute atomic E-state index is 0.0175. The average Bonchev–Trinajstić information content (AvgIpc) is 2.75. The molecule has 2 amide bonds. The molecule has 0 saturated carbocycles. The third kappa shape index (κ3) is 8.31. The summed E-state index contributed by atoms with van der Waals surface area (Å²) in [4.78, 5) is 24.4. The number of para-hydroxylation sites is 1. The first-order chi connectivity index (χ1) is 14.1. The van der Waals surface area contributed by atoms with E-state index in [4.69, 9.17) is 17.0 Å². The largest absolute Gasteiger partial charge is 0.493 e. The molecule has 0 saturated heterocycles. The van der Waals surface area contributed by atoms with Crippen molar-refractivity contribution in [2.24, 2.45) is 0 Å². The highest BCUT2D eigenvalue weighted by Crippen LogP contribution is 2.18. The van der Waals surface area contributed by atoms with Gasteiger partial charge in [-0.3, -0.25) is 25.8 Å². The van der Waals surface area contributed by atoms with Crippen molar-refractivity contribution in [1.29, 1.82) is 0 Å². The Balaban J connectivity index is 1.77. The minimum Gasteiger partial charge on any atom is -0.493 e. The number of unbranched alkanes of at least 4 members (excludes halogenated alkanes) is 2. The van der Waals surface area contributed by atoms with Gasteiger partial charge in [0, 0.05) is 6.42 Å². The third-order valence-corrected chi connectivity index (χ3v) is 4.37. The Kier molecular flexibility index (Phi) is 9.65. The zero-order chi connectivity index (χ0) is 20.9. The van der Waals surface area contributed by atoms with Gasteiger partial charge in [0.25, 0.3) is 5.91 Å². The summed E-state index contributed by atoms with van der Waals surface area (Å²) in [5.74, 6) is -0.104. The van der Waals surface area contributed by atoms with Gasteiger partial charge in [-0.25, -0.2) is 0 Å². The number of aryl methyl sites for hydroxylation is 1. The zero-order valence-corrected chi connectivity index (χ0v) is 17.4. The predicted molar refractivity (Wildman–Crippen MR) is 118 cm³/mol. The van der Waals surface area contributed by atoms with Gasteiger partial charge in [0.1, 0.15) is 5.75 Å². The lowest BCUT2D eigenvalue weighted by molar-refractivity contribution is -0.121. The Morgan fingerprint density at radius 3 is 2.45 bits per heavy atom. The lowest BCUT2D eigenvalue weighted by atomic mass is 10.1. The van der Waals surface area contributed by atoms with E-state index in [2.05, 4.69) is 23.1 Å². The van der Waals surface area contributed by atoms with Crippen LogP contribution in [0.1, 0.15) is 48.5 Å². The van der Waals surface area contributed by atoms with Gasteiger partial charge in [0.05, 0.1) is 12.2 Å². The molecule has 0 bridgehead atoms. The van der Waals surface area contributed by atoms with E-state index in [0.717, 1.165) is 24.8 Å². The topological polar surface area (TPSA) is 79.5 Å². The maximum Gasteiger partial charge on any atom is 0.261 e. The molecule has 0 aliphatic rings. The zero-order valence-electron chi connectivity index (χ0n) is 16.6. The highest BCUT2D eigenvalue weighted by molar-refractivity contribution is 7.80. The number of benzene rings is 2. The highest BCUT2D eigenvalue weighted by Gasteiger charge is 2.14. The first-order valence-electron chi connectivity index (χ1n) is 9.76. The average molecular weight is 414 g/mol. The fraction of sp³-hybridized carbons (Fsp3) is 0.318. The van der Waals surface area contributed by atoms with Crippen LogP contribution in [0.4, 0.5) is 0 Å². The second-order valence-electron chi connectivity index (χ2n) is 6.49. The third-order valence-electron chi connectivity index (χ3n) is 4.16. The summed E-state index contributed by atoms with van der Waals surface area (Å²) in [6.45, 7) is 2.67. The molecular weight excluding hydrogens is 386 g/mol. The molecule has 0 radical (unpaired) electrons. The molecule has 29 heavy (non-hydrogen) atoms. The summed E-state index contributed by atoms with van der Waals surface area (Å²) < 4.78 is 5.72. The van der Waals surface area contributed by atoms with Crippen LogP contribution in [0.3, 0.4) is 0 Å². The molecule has 2 aromatic rings. The number of carbonyl (C=O) groups is 2. The quantitative estimate of drug-likeness (QED) is 0.333. The molecule has 2 aromatic carbocycles. The molecule has 0 fully saturated rings. The number of hydrazine groups is 1. The van der Waals surface area contributed by atoms with E-state index in [0.29, 0.717) is 30.8 Å². The summed E-state index contributed by atoms with van der Waals surface area (Å²) >= 11 is 5.09. The smallest absolute Gasteiger partial charge is 0.261 e. The molecule has 0 spiro atoms. The molecule has 0 aliphatic carbocycles. The van der Waals surface area contributed by atoms with E-state index in [-0.39, 0.29) is 11.0 Å². The molecule has 0 unspecified atom stereocenters. The molecule has 154 valence electrons. The molecule has 7 heteroatoms. The van der Waals surface area contributed by atoms with Crippen LogP contribution in [0.2, 0.25) is 0 Å². The number of nitrogens with one attached hydrogen (secondary N) is 3. The van der Waals surface area contributed by atoms with E-state index in [9.17, 15) is 9.59 Å². The summed E-state index contributed by atoms with van der Waals surface area (Å²) in [5, 5.41) is 2.57. The number of carbonyl (C=O) groups excluding carboxylic acids is 2. The van der Waals surface area contributed by atoms with Crippen molar-refractivity contribution in [1.82, 2.24) is 16.2 Å². The second kappa shape index (κ2) is 12.5. The van der Waals surface area contributed by atoms with Gasteiger partial charge in [-0.15, -0.1) is 0 Å². The number of hydrogen-bond donors (Lipinski definition) is 3. The molecule has 0 heterocycles. The van der Waals surface area contributed by atoms with Crippen molar-refractivity contribution in [3.63, 3.8) is 0 Å². The molecule has 2 rings (SSSR count). The van der Waals surface area contributed by atoms with Crippen molar-refractivity contribution in [3.05, 3.63) is 65.7 Å². The Bertz CT molecular complexity index is 812. The lowest BCUT2D eigenvalue weighted by Crippen LogP contribution is -2.48. The van der Waals surface area contributed by atoms with Crippen molar-refractivity contribution in [2.45, 2.75) is 39.0 Å². The number of amides is 2. The maximum atomic E-state index is 12.5. The second-order valence-corrected chi connectivity index (χ2v) is 6.90. The number of ether oxygens (including phenoxy) is 1. The van der Waals surface area contributed by atoms with Crippen LogP contribution in [0.25, 0.3) is 0 Å². The monoisotopic (exact) mass is 413 g/mol. The normalized spacial score (nSPS) is 10.1. The first kappa shape index (κ1) is 22.4. The fourth-order valence-electron chi connectivity index (χ4n) is 2.61. The summed E-state index contributed by atoms with van der Waals surface area (Å²) in [7, 11) is 0. The first-order valence-corrected chi connectivity index (χ1v) is 10.2. The Morgan fingerprint density at radius 1 is 0.966 bits per heavy atom. The van der Waals surface area contributed by atoms with Crippen LogP contribution in [0.5, 0.6) is 5.75 Å². The van der Waals surface area contributed by atoms with Crippen LogP contribution < -0.4 is 20.9 Å². The van der Waals surface area contributed by atoms with Crippen LogP contribution in [0, 0.1) is 0 Å². The summed E-state index contributed by atoms with van der Waals surface area (Å²) in [6, 6.07) is 16.7. The number of thiocarbonyl (C=S) groups is 1. The van der Waals surface area contributed by atoms with E-state index in [1.165, 1.54) is 0 Å². The van der Waals surface area contributed by atoms with Crippen molar-refractivity contribution < 1.29 is 14.3 Å². The van der Waals surface area contributed by atoms with Crippen LogP contribution in [0.15, 0.2) is 54.6 Å². The van der Waals surface area contributed by atoms with E-state index in [1.54, 1.807) is 18.2 Å². The van der Waals surface area contributed by atoms with Gasteiger partial charge in [-0.2, -0.15) is 0 Å². The molecule has 0 aromatic heterocycles. The van der Waals surface area contributed by atoms with Gasteiger partial charge >= 0.3 is 0 Å². The van der Waals surface area contributed by atoms with E-state index in [1.807, 2.05) is 36.4 Å². The molecule has 0 aliphatic heterocycles. The van der Waals surface area contributed by atoms with Gasteiger partial charge in [0.15, 0.2) is 5.11 Å². The Labute approximate surface area is 177 Å². The van der Waals surface area contributed by atoms with E-state index >= 15 is 0 Å². The van der Waals surface area contributed by atoms with Crippen molar-refractivity contribution in [2.75, 3.05) is 6.61 Å². The van der Waals surface area contributed by atoms with Gasteiger partial charge in [0.2, 0.25) is 5.91 Å². The molecular formula is C22H27N3O3S. The molecule has 6 nitrogen and oxygen atoms in total. The van der Waals surface area contributed by atoms with Crippen LogP contribution in [-0.2, 0) is 11.2 Å². The van der Waals surface area contributed by atoms with Gasteiger partial charge in [-0.05, 0) is 42.8 Å². The van der Waals surface area contributed by atoms with Gasteiger partial charge in [-0.1, -0.05) is 62.2 Å². The SMILES string of the molecule is CCCCCOc1ccccc1C(=O)NC(=S)NNC(=O)CCc1ccccc1. The van der Waals surface area contributed by atoms with E-state index < -0.39 is 5.91 Å². The van der Waals surface area contributed by atoms with Crippen LogP contribution >= 0.6 is 12.2 Å². The highest BCUT2D eigenvalue weighted by atomic mass is 32.1. The lowest BCUT2D eigenvalue weighted by Gasteiger charge is -2.13. The van der Waals surface area contributed by atoms with Crippen LogP contribution in [-0.4, -0.2) is 23.5 Å². The molecule has 0 atom stereocenters. The predicted octanol–water partition coefficient (Wildman–Crippen LogP) is 3.52. The minimum atomic E-state index is -0.396. The Hall–Kier alpha value is -2.93. The summed E-state index contributed by atoms with van der Waals surface area (Å²) in [6.07, 6.45) is 4.04. The Morgan fingerprint density at radius 2 is 1.69 bits per heavy atom. The molecule has 3 N–H and O–H groups in total.